The smallest absolute Gasteiger partial charge is 0.313 e. The van der Waals surface area contributed by atoms with Crippen molar-refractivity contribution in [1.29, 1.82) is 0 Å². The summed E-state index contributed by atoms with van der Waals surface area (Å²) in [7, 11) is 0. The molecular weight excluding hydrogens is 252 g/mol. The molecule has 7 heteroatoms. The van der Waals surface area contributed by atoms with Crippen LogP contribution in [0.3, 0.4) is 0 Å². The molecule has 2 N–H and O–H groups in total. The fraction of sp³-hybridized carbons (Fsp3) is 0.273. The molecule has 2 rings (SSSR count). The Kier molecular flexibility index (Phi) is 4.30. The first kappa shape index (κ1) is 12.6. The van der Waals surface area contributed by atoms with Gasteiger partial charge in [-0.25, -0.2) is 4.98 Å². The number of aromatic amines is 1. The first-order chi connectivity index (χ1) is 8.74. The van der Waals surface area contributed by atoms with E-state index in [1.54, 1.807) is 6.20 Å². The molecule has 0 unspecified atom stereocenters. The topological polar surface area (TPSA) is 91.8 Å². The molecule has 94 valence electrons. The predicted molar refractivity (Wildman–Crippen MR) is 66.4 cm³/mol. The zero-order valence-corrected chi connectivity index (χ0v) is 10.4. The Morgan fingerprint density at radius 2 is 2.28 bits per heavy atom. The Morgan fingerprint density at radius 3 is 3.00 bits per heavy atom. The molecule has 6 nitrogen and oxygen atoms in total. The molecule has 0 saturated carbocycles. The molecule has 0 aliphatic carbocycles. The monoisotopic (exact) mass is 264 g/mol. The van der Waals surface area contributed by atoms with E-state index in [-0.39, 0.29) is 5.75 Å². The lowest BCUT2D eigenvalue weighted by Gasteiger charge is -1.96. The van der Waals surface area contributed by atoms with Crippen molar-refractivity contribution >= 4 is 17.7 Å². The molecule has 0 bridgehead atoms. The van der Waals surface area contributed by atoms with Crippen LogP contribution >= 0.6 is 11.8 Å². The van der Waals surface area contributed by atoms with Crippen molar-refractivity contribution in [3.63, 3.8) is 0 Å². The van der Waals surface area contributed by atoms with E-state index in [2.05, 4.69) is 20.2 Å². The van der Waals surface area contributed by atoms with Gasteiger partial charge in [-0.2, -0.15) is 0 Å². The molecule has 0 spiro atoms. The zero-order chi connectivity index (χ0) is 12.8. The van der Waals surface area contributed by atoms with Crippen LogP contribution in [0, 0.1) is 0 Å². The Bertz CT molecular complexity index is 515. The summed E-state index contributed by atoms with van der Waals surface area (Å²) in [6.45, 7) is 0. The quantitative estimate of drug-likeness (QED) is 0.761. The lowest BCUT2D eigenvalue weighted by atomic mass is 10.2. The number of nitrogens with one attached hydrogen (secondary N) is 1. The molecule has 0 radical (unpaired) electrons. The van der Waals surface area contributed by atoms with Gasteiger partial charge in [-0.3, -0.25) is 14.9 Å². The maximum Gasteiger partial charge on any atom is 0.313 e. The van der Waals surface area contributed by atoms with Gasteiger partial charge in [-0.15, -0.1) is 5.10 Å². The van der Waals surface area contributed by atoms with Gasteiger partial charge >= 0.3 is 5.97 Å². The number of hydrogen-bond acceptors (Lipinski definition) is 5. The molecule has 0 fully saturated rings. The lowest BCUT2D eigenvalue weighted by Crippen LogP contribution is -1.98. The summed E-state index contributed by atoms with van der Waals surface area (Å²) in [5, 5.41) is 15.7. The van der Waals surface area contributed by atoms with Gasteiger partial charge in [-0.05, 0) is 18.6 Å². The number of pyridine rings is 1. The summed E-state index contributed by atoms with van der Waals surface area (Å²) in [5.41, 5.74) is 0.994. The molecule has 0 atom stereocenters. The van der Waals surface area contributed by atoms with Gasteiger partial charge in [0, 0.05) is 18.3 Å². The van der Waals surface area contributed by atoms with Gasteiger partial charge in [0.05, 0.1) is 5.75 Å². The van der Waals surface area contributed by atoms with Crippen LogP contribution in [0.25, 0.3) is 0 Å². The number of aliphatic carboxylic acids is 1. The van der Waals surface area contributed by atoms with Gasteiger partial charge in [0.2, 0.25) is 5.16 Å². The van der Waals surface area contributed by atoms with Crippen molar-refractivity contribution in [2.45, 2.75) is 18.0 Å². The summed E-state index contributed by atoms with van der Waals surface area (Å²) in [6.07, 6.45) is 3.24. The minimum Gasteiger partial charge on any atom is -0.481 e. The van der Waals surface area contributed by atoms with Crippen LogP contribution in [0.4, 0.5) is 0 Å². The van der Waals surface area contributed by atoms with Crippen LogP contribution in [-0.4, -0.2) is 37.0 Å². The maximum absolute atomic E-state index is 10.4. The predicted octanol–water partition coefficient (Wildman–Crippen LogP) is 1.16. The molecular formula is C11H12N4O2S. The largest absolute Gasteiger partial charge is 0.481 e. The average Bonchev–Trinajstić information content (AvgIpc) is 2.83. The fourth-order valence-electron chi connectivity index (χ4n) is 1.37. The normalized spacial score (nSPS) is 10.4. The number of carboxylic acids is 1. The van der Waals surface area contributed by atoms with E-state index >= 15 is 0 Å². The standard InChI is InChI=1S/C11H12N4O2S/c16-10(17)7-18-11-13-9(14-15-11)5-4-8-3-1-2-6-12-8/h1-3,6H,4-5,7H2,(H,16,17)(H,13,14,15). The number of aromatic nitrogens is 4. The SMILES string of the molecule is O=C(O)CSc1n[nH]c(CCc2ccccn2)n1. The molecule has 0 saturated heterocycles. The number of aryl methyl sites for hydroxylation is 2. The van der Waals surface area contributed by atoms with Crippen molar-refractivity contribution in [2.75, 3.05) is 5.75 Å². The van der Waals surface area contributed by atoms with Gasteiger partial charge in [0.25, 0.3) is 0 Å². The van der Waals surface area contributed by atoms with E-state index < -0.39 is 5.97 Å². The number of thioether (sulfide) groups is 1. The van der Waals surface area contributed by atoms with E-state index in [0.29, 0.717) is 11.6 Å². The molecule has 0 aliphatic rings. The van der Waals surface area contributed by atoms with E-state index in [9.17, 15) is 4.79 Å². The molecule has 0 aliphatic heterocycles. The molecule has 0 aromatic carbocycles. The Balaban J connectivity index is 1.85. The van der Waals surface area contributed by atoms with Gasteiger partial charge in [0.15, 0.2) is 0 Å². The van der Waals surface area contributed by atoms with Crippen molar-refractivity contribution in [3.8, 4) is 0 Å². The highest BCUT2D eigenvalue weighted by molar-refractivity contribution is 7.99. The summed E-state index contributed by atoms with van der Waals surface area (Å²) < 4.78 is 0. The third-order valence-corrected chi connectivity index (χ3v) is 3.01. The lowest BCUT2D eigenvalue weighted by molar-refractivity contribution is -0.133. The van der Waals surface area contributed by atoms with Crippen LogP contribution in [-0.2, 0) is 17.6 Å². The summed E-state index contributed by atoms with van der Waals surface area (Å²) in [5.74, 6) is -0.161. The van der Waals surface area contributed by atoms with Crippen LogP contribution in [0.15, 0.2) is 29.6 Å². The van der Waals surface area contributed by atoms with E-state index in [4.69, 9.17) is 5.11 Å². The second-order valence-electron chi connectivity index (χ2n) is 3.57. The third kappa shape index (κ3) is 3.85. The molecule has 2 aromatic rings. The maximum atomic E-state index is 10.4. The molecule has 0 amide bonds. The van der Waals surface area contributed by atoms with E-state index in [1.807, 2.05) is 18.2 Å². The first-order valence-electron chi connectivity index (χ1n) is 5.40. The molecule has 2 heterocycles. The highest BCUT2D eigenvalue weighted by atomic mass is 32.2. The highest BCUT2D eigenvalue weighted by Crippen LogP contribution is 2.12. The summed E-state index contributed by atoms with van der Waals surface area (Å²) in [6, 6.07) is 5.77. The minimum absolute atomic E-state index is 0.0302. The number of carboxylic acid groups (broad SMARTS) is 1. The third-order valence-electron chi connectivity index (χ3n) is 2.18. The minimum atomic E-state index is -0.875. The number of nitrogens with zero attached hydrogens (tertiary/aromatic N) is 3. The van der Waals surface area contributed by atoms with Crippen LogP contribution in [0.5, 0.6) is 0 Å². The van der Waals surface area contributed by atoms with Crippen LogP contribution < -0.4 is 0 Å². The van der Waals surface area contributed by atoms with E-state index in [1.165, 1.54) is 0 Å². The second-order valence-corrected chi connectivity index (χ2v) is 4.51. The second kappa shape index (κ2) is 6.15. The summed E-state index contributed by atoms with van der Waals surface area (Å²) >= 11 is 1.10. The first-order valence-corrected chi connectivity index (χ1v) is 6.38. The Morgan fingerprint density at radius 1 is 1.39 bits per heavy atom. The molecule has 18 heavy (non-hydrogen) atoms. The number of H-pyrrole nitrogens is 1. The average molecular weight is 264 g/mol. The van der Waals surface area contributed by atoms with Crippen molar-refractivity contribution in [3.05, 3.63) is 35.9 Å². The van der Waals surface area contributed by atoms with Crippen LogP contribution in [0.2, 0.25) is 0 Å². The Hall–Kier alpha value is -1.89. The van der Waals surface area contributed by atoms with Gasteiger partial charge in [-0.1, -0.05) is 17.8 Å². The summed E-state index contributed by atoms with van der Waals surface area (Å²) in [4.78, 5) is 18.8. The number of hydrogen-bond donors (Lipinski definition) is 2. The zero-order valence-electron chi connectivity index (χ0n) is 9.54. The number of rotatable bonds is 6. The van der Waals surface area contributed by atoms with Crippen molar-refractivity contribution in [1.82, 2.24) is 20.2 Å². The van der Waals surface area contributed by atoms with E-state index in [0.717, 1.165) is 29.7 Å². The Labute approximate surface area is 108 Å². The van der Waals surface area contributed by atoms with Crippen molar-refractivity contribution in [2.24, 2.45) is 0 Å². The molecule has 2 aromatic heterocycles. The van der Waals surface area contributed by atoms with Crippen LogP contribution in [0.1, 0.15) is 11.5 Å². The van der Waals surface area contributed by atoms with Gasteiger partial charge < -0.3 is 5.11 Å². The van der Waals surface area contributed by atoms with Crippen molar-refractivity contribution < 1.29 is 9.90 Å². The fourth-order valence-corrected chi connectivity index (χ4v) is 1.91. The number of carbonyl (C=O) groups is 1. The highest BCUT2D eigenvalue weighted by Gasteiger charge is 2.06. The van der Waals surface area contributed by atoms with Gasteiger partial charge in [0.1, 0.15) is 5.82 Å².